The lowest BCUT2D eigenvalue weighted by Gasteiger charge is -2.30. The van der Waals surface area contributed by atoms with Gasteiger partial charge in [0.15, 0.2) is 5.78 Å². The van der Waals surface area contributed by atoms with Gasteiger partial charge in [-0.05, 0) is 40.2 Å². The van der Waals surface area contributed by atoms with Crippen LogP contribution in [0.5, 0.6) is 5.75 Å². The Morgan fingerprint density at radius 1 is 1.25 bits per heavy atom. The lowest BCUT2D eigenvalue weighted by Crippen LogP contribution is -2.39. The van der Waals surface area contributed by atoms with Crippen LogP contribution < -0.4 is 4.74 Å². The molecular formula is C18H28N2O4. The summed E-state index contributed by atoms with van der Waals surface area (Å²) in [6.07, 6.45) is 1.04. The standard InChI is InChI=1S/C18H28N2O4/c1-6-8-17(21)15-9-7-10-16(20(22)23)18(15)24-12-11-19(13(2)3)14(4)5/h7,9-10,13-14H,6,8,11-12H2,1-5H3. The number of nitro groups is 1. The second-order valence-electron chi connectivity index (χ2n) is 6.36. The second-order valence-corrected chi connectivity index (χ2v) is 6.36. The van der Waals surface area contributed by atoms with E-state index in [-0.39, 0.29) is 17.2 Å². The smallest absolute Gasteiger partial charge is 0.311 e. The molecular weight excluding hydrogens is 308 g/mol. The summed E-state index contributed by atoms with van der Waals surface area (Å²) in [5, 5.41) is 11.3. The number of carbonyl (C=O) groups is 1. The van der Waals surface area contributed by atoms with E-state index in [2.05, 4.69) is 32.6 Å². The van der Waals surface area contributed by atoms with Crippen molar-refractivity contribution in [3.8, 4) is 5.75 Å². The molecule has 0 amide bonds. The Morgan fingerprint density at radius 2 is 1.88 bits per heavy atom. The molecule has 0 atom stereocenters. The highest BCUT2D eigenvalue weighted by atomic mass is 16.6. The third-order valence-electron chi connectivity index (χ3n) is 3.89. The zero-order chi connectivity index (χ0) is 18.3. The maximum absolute atomic E-state index is 12.2. The van der Waals surface area contributed by atoms with Gasteiger partial charge in [0.25, 0.3) is 0 Å². The number of para-hydroxylation sites is 1. The fraction of sp³-hybridized carbons (Fsp3) is 0.611. The van der Waals surface area contributed by atoms with Crippen molar-refractivity contribution in [2.24, 2.45) is 0 Å². The summed E-state index contributed by atoms with van der Waals surface area (Å²) in [5.74, 6) is -0.0332. The molecule has 0 radical (unpaired) electrons. The molecule has 1 rings (SSSR count). The third kappa shape index (κ3) is 5.30. The summed E-state index contributed by atoms with van der Waals surface area (Å²) in [7, 11) is 0. The van der Waals surface area contributed by atoms with E-state index in [1.165, 1.54) is 12.1 Å². The maximum atomic E-state index is 12.2. The van der Waals surface area contributed by atoms with Crippen LogP contribution in [0.25, 0.3) is 0 Å². The van der Waals surface area contributed by atoms with E-state index in [9.17, 15) is 14.9 Å². The minimum Gasteiger partial charge on any atom is -0.485 e. The van der Waals surface area contributed by atoms with Crippen molar-refractivity contribution in [1.29, 1.82) is 0 Å². The van der Waals surface area contributed by atoms with Crippen molar-refractivity contribution in [2.75, 3.05) is 13.2 Å². The topological polar surface area (TPSA) is 72.7 Å². The number of nitro benzene ring substituents is 1. The average molecular weight is 336 g/mol. The van der Waals surface area contributed by atoms with Gasteiger partial charge >= 0.3 is 5.69 Å². The molecule has 0 aliphatic rings. The van der Waals surface area contributed by atoms with Crippen molar-refractivity contribution in [3.05, 3.63) is 33.9 Å². The first-order valence-corrected chi connectivity index (χ1v) is 8.48. The van der Waals surface area contributed by atoms with Crippen LogP contribution in [-0.2, 0) is 0 Å². The molecule has 0 spiro atoms. The van der Waals surface area contributed by atoms with Crippen LogP contribution in [0, 0.1) is 10.1 Å². The fourth-order valence-corrected chi connectivity index (χ4v) is 2.77. The number of ether oxygens (including phenoxy) is 1. The fourth-order valence-electron chi connectivity index (χ4n) is 2.77. The van der Waals surface area contributed by atoms with Crippen molar-refractivity contribution in [1.82, 2.24) is 4.90 Å². The Bertz CT molecular complexity index is 562. The van der Waals surface area contributed by atoms with E-state index in [1.54, 1.807) is 6.07 Å². The van der Waals surface area contributed by atoms with Gasteiger partial charge in [-0.15, -0.1) is 0 Å². The van der Waals surface area contributed by atoms with Gasteiger partial charge < -0.3 is 4.74 Å². The quantitative estimate of drug-likeness (QED) is 0.366. The molecule has 0 unspecified atom stereocenters. The summed E-state index contributed by atoms with van der Waals surface area (Å²) < 4.78 is 5.72. The van der Waals surface area contributed by atoms with Crippen LogP contribution in [0.1, 0.15) is 57.8 Å². The third-order valence-corrected chi connectivity index (χ3v) is 3.89. The lowest BCUT2D eigenvalue weighted by molar-refractivity contribution is -0.385. The van der Waals surface area contributed by atoms with Crippen LogP contribution in [0.3, 0.4) is 0 Å². The Labute approximate surface area is 143 Å². The van der Waals surface area contributed by atoms with E-state index in [1.807, 2.05) is 6.92 Å². The molecule has 0 aliphatic carbocycles. The Morgan fingerprint density at radius 3 is 2.38 bits per heavy atom. The zero-order valence-corrected chi connectivity index (χ0v) is 15.2. The molecule has 0 aliphatic heterocycles. The van der Waals surface area contributed by atoms with Gasteiger partial charge in [0.1, 0.15) is 6.61 Å². The predicted molar refractivity (Wildman–Crippen MR) is 94.8 cm³/mol. The van der Waals surface area contributed by atoms with Crippen LogP contribution in [0.4, 0.5) is 5.69 Å². The first kappa shape index (κ1) is 20.1. The number of nitrogens with zero attached hydrogens (tertiary/aromatic N) is 2. The van der Waals surface area contributed by atoms with Crippen LogP contribution >= 0.6 is 0 Å². The van der Waals surface area contributed by atoms with E-state index >= 15 is 0 Å². The number of hydrogen-bond donors (Lipinski definition) is 0. The molecule has 1 aromatic rings. The van der Waals surface area contributed by atoms with Crippen molar-refractivity contribution >= 4 is 11.5 Å². The van der Waals surface area contributed by atoms with Gasteiger partial charge in [0.2, 0.25) is 5.75 Å². The van der Waals surface area contributed by atoms with Gasteiger partial charge in [0, 0.05) is 31.1 Å². The van der Waals surface area contributed by atoms with Gasteiger partial charge in [0.05, 0.1) is 10.5 Å². The van der Waals surface area contributed by atoms with Gasteiger partial charge in [-0.3, -0.25) is 19.8 Å². The molecule has 0 aromatic heterocycles. The maximum Gasteiger partial charge on any atom is 0.311 e. The Hall–Kier alpha value is -1.95. The summed E-state index contributed by atoms with van der Waals surface area (Å²) in [5.41, 5.74) is 0.143. The first-order chi connectivity index (χ1) is 11.3. The highest BCUT2D eigenvalue weighted by molar-refractivity contribution is 5.99. The average Bonchev–Trinajstić information content (AvgIpc) is 2.50. The minimum atomic E-state index is -0.499. The van der Waals surface area contributed by atoms with E-state index in [0.717, 1.165) is 0 Å². The van der Waals surface area contributed by atoms with Crippen LogP contribution in [0.15, 0.2) is 18.2 Å². The molecule has 0 saturated carbocycles. The summed E-state index contributed by atoms with van der Waals surface area (Å²) in [6.45, 7) is 11.2. The monoisotopic (exact) mass is 336 g/mol. The van der Waals surface area contributed by atoms with Crippen molar-refractivity contribution in [3.63, 3.8) is 0 Å². The second kappa shape index (κ2) is 9.37. The Kier molecular flexibility index (Phi) is 7.85. The van der Waals surface area contributed by atoms with Gasteiger partial charge in [-0.25, -0.2) is 0 Å². The largest absolute Gasteiger partial charge is 0.485 e. The summed E-state index contributed by atoms with van der Waals surface area (Å²) >= 11 is 0. The molecule has 0 heterocycles. The molecule has 0 fully saturated rings. The zero-order valence-electron chi connectivity index (χ0n) is 15.2. The van der Waals surface area contributed by atoms with E-state index in [0.29, 0.717) is 43.6 Å². The number of Topliss-reactive ketones (excluding diaryl/α,β-unsaturated/α-hetero) is 1. The number of carbonyl (C=O) groups excluding carboxylic acids is 1. The van der Waals surface area contributed by atoms with E-state index < -0.39 is 4.92 Å². The lowest BCUT2D eigenvalue weighted by atomic mass is 10.0. The molecule has 134 valence electrons. The molecule has 0 saturated heterocycles. The molecule has 1 aromatic carbocycles. The Balaban J connectivity index is 2.99. The number of hydrogen-bond acceptors (Lipinski definition) is 5. The van der Waals surface area contributed by atoms with Gasteiger partial charge in [-0.1, -0.05) is 13.0 Å². The van der Waals surface area contributed by atoms with E-state index in [4.69, 9.17) is 4.74 Å². The van der Waals surface area contributed by atoms with Crippen LogP contribution in [-0.4, -0.2) is 40.8 Å². The number of ketones is 1. The summed E-state index contributed by atoms with van der Waals surface area (Å²) in [6, 6.07) is 5.20. The minimum absolute atomic E-state index is 0.0911. The van der Waals surface area contributed by atoms with Crippen molar-refractivity contribution < 1.29 is 14.5 Å². The van der Waals surface area contributed by atoms with Gasteiger partial charge in [-0.2, -0.15) is 0 Å². The molecule has 0 bridgehead atoms. The molecule has 6 nitrogen and oxygen atoms in total. The molecule has 24 heavy (non-hydrogen) atoms. The highest BCUT2D eigenvalue weighted by Crippen LogP contribution is 2.32. The highest BCUT2D eigenvalue weighted by Gasteiger charge is 2.23. The summed E-state index contributed by atoms with van der Waals surface area (Å²) in [4.78, 5) is 25.3. The van der Waals surface area contributed by atoms with Crippen LogP contribution in [0.2, 0.25) is 0 Å². The first-order valence-electron chi connectivity index (χ1n) is 8.48. The normalized spacial score (nSPS) is 11.3. The molecule has 0 N–H and O–H groups in total. The predicted octanol–water partition coefficient (Wildman–Crippen LogP) is 4.08. The number of benzene rings is 1. The SMILES string of the molecule is CCCC(=O)c1cccc([N+](=O)[O-])c1OCCN(C(C)C)C(C)C. The molecule has 6 heteroatoms. The van der Waals surface area contributed by atoms with Crippen molar-refractivity contribution in [2.45, 2.75) is 59.5 Å². The number of rotatable bonds is 10.